The Kier molecular flexibility index (Phi) is 12.8. The van der Waals surface area contributed by atoms with Crippen molar-refractivity contribution < 1.29 is 17.7 Å². The topological polar surface area (TPSA) is 66.4 Å². The van der Waals surface area contributed by atoms with Crippen molar-refractivity contribution in [3.63, 3.8) is 0 Å². The standard InChI is InChI=1S/C14H30O4S/c1-2-3-4-5-6-7-8-9-10-11-12-18-13-14-19(15,16)17/h2-14H2,1H3,(H,15,16,17)/p-1. The first-order chi connectivity index (χ1) is 9.06. The lowest BCUT2D eigenvalue weighted by Gasteiger charge is -2.07. The molecule has 0 bridgehead atoms. The number of ether oxygens (including phenoxy) is 1. The summed E-state index contributed by atoms with van der Waals surface area (Å²) in [5.74, 6) is -0.412. The molecule has 19 heavy (non-hydrogen) atoms. The smallest absolute Gasteiger partial charge is 0.0968 e. The summed E-state index contributed by atoms with van der Waals surface area (Å²) in [4.78, 5) is 0. The average molecular weight is 293 g/mol. The fraction of sp³-hybridized carbons (Fsp3) is 1.00. The SMILES string of the molecule is CCCCCCCCCCCCOCCS(=O)(=O)[O-]. The van der Waals surface area contributed by atoms with Crippen LogP contribution in [0.5, 0.6) is 0 Å². The minimum absolute atomic E-state index is 0.0310. The van der Waals surface area contributed by atoms with Crippen molar-refractivity contribution in [3.05, 3.63) is 0 Å². The summed E-state index contributed by atoms with van der Waals surface area (Å²) in [6, 6.07) is 0. The average Bonchev–Trinajstić information content (AvgIpc) is 2.34. The molecule has 0 spiro atoms. The molecule has 0 fully saturated rings. The van der Waals surface area contributed by atoms with E-state index in [1.54, 1.807) is 0 Å². The maximum Gasteiger partial charge on any atom is 0.0968 e. The van der Waals surface area contributed by atoms with Gasteiger partial charge in [0, 0.05) is 6.61 Å². The van der Waals surface area contributed by atoms with Gasteiger partial charge in [0.1, 0.15) is 0 Å². The summed E-state index contributed by atoms with van der Waals surface area (Å²) in [6.07, 6.45) is 12.6. The van der Waals surface area contributed by atoms with E-state index in [1.165, 1.54) is 51.4 Å². The number of unbranched alkanes of at least 4 members (excludes halogenated alkanes) is 9. The lowest BCUT2D eigenvalue weighted by Crippen LogP contribution is -2.11. The van der Waals surface area contributed by atoms with E-state index in [2.05, 4.69) is 6.92 Å². The minimum atomic E-state index is -4.11. The molecule has 0 N–H and O–H groups in total. The van der Waals surface area contributed by atoms with Gasteiger partial charge in [-0.15, -0.1) is 0 Å². The van der Waals surface area contributed by atoms with E-state index >= 15 is 0 Å². The van der Waals surface area contributed by atoms with Gasteiger partial charge in [-0.3, -0.25) is 0 Å². The maximum atomic E-state index is 10.3. The molecule has 0 aliphatic rings. The fourth-order valence-electron chi connectivity index (χ4n) is 1.95. The molecule has 4 nitrogen and oxygen atoms in total. The van der Waals surface area contributed by atoms with Gasteiger partial charge in [-0.1, -0.05) is 64.7 Å². The van der Waals surface area contributed by atoms with E-state index in [-0.39, 0.29) is 6.61 Å². The van der Waals surface area contributed by atoms with Crippen molar-refractivity contribution in [3.8, 4) is 0 Å². The van der Waals surface area contributed by atoms with Crippen LogP contribution in [0.3, 0.4) is 0 Å². The minimum Gasteiger partial charge on any atom is -0.748 e. The summed E-state index contributed by atoms with van der Waals surface area (Å²) < 4.78 is 36.0. The van der Waals surface area contributed by atoms with Crippen LogP contribution in [0.1, 0.15) is 71.1 Å². The predicted molar refractivity (Wildman–Crippen MR) is 77.2 cm³/mol. The van der Waals surface area contributed by atoms with E-state index in [4.69, 9.17) is 4.74 Å². The van der Waals surface area contributed by atoms with Gasteiger partial charge in [-0.2, -0.15) is 0 Å². The Hall–Kier alpha value is -0.130. The predicted octanol–water partition coefficient (Wildman–Crippen LogP) is 3.47. The van der Waals surface area contributed by atoms with Crippen molar-refractivity contribution >= 4 is 10.1 Å². The largest absolute Gasteiger partial charge is 0.748 e. The summed E-state index contributed by atoms with van der Waals surface area (Å²) >= 11 is 0. The second-order valence-electron chi connectivity index (χ2n) is 5.06. The zero-order chi connectivity index (χ0) is 14.4. The maximum absolute atomic E-state index is 10.3. The van der Waals surface area contributed by atoms with E-state index in [1.807, 2.05) is 0 Å². The molecule has 0 aromatic carbocycles. The third-order valence-corrected chi connectivity index (χ3v) is 3.79. The highest BCUT2D eigenvalue weighted by atomic mass is 32.2. The van der Waals surface area contributed by atoms with Crippen LogP contribution in [0.15, 0.2) is 0 Å². The van der Waals surface area contributed by atoms with Gasteiger partial charge in [-0.25, -0.2) is 8.42 Å². The Morgan fingerprint density at radius 2 is 1.26 bits per heavy atom. The Labute approximate surface area is 118 Å². The Morgan fingerprint density at radius 1 is 0.789 bits per heavy atom. The van der Waals surface area contributed by atoms with Crippen molar-refractivity contribution in [1.29, 1.82) is 0 Å². The molecule has 0 aliphatic carbocycles. The highest BCUT2D eigenvalue weighted by Gasteiger charge is 1.96. The first kappa shape index (κ1) is 18.9. The van der Waals surface area contributed by atoms with Gasteiger partial charge in [0.2, 0.25) is 0 Å². The molecular formula is C14H29O4S-. The van der Waals surface area contributed by atoms with Crippen LogP contribution in [0, 0.1) is 0 Å². The lowest BCUT2D eigenvalue weighted by molar-refractivity contribution is 0.143. The summed E-state index contributed by atoms with van der Waals surface area (Å²) in [5, 5.41) is 0. The molecule has 0 aliphatic heterocycles. The molecule has 0 atom stereocenters. The first-order valence-corrected chi connectivity index (χ1v) is 9.15. The molecule has 5 heteroatoms. The van der Waals surface area contributed by atoms with Gasteiger partial charge in [0.25, 0.3) is 0 Å². The fourth-order valence-corrected chi connectivity index (χ4v) is 2.28. The Balaban J connectivity index is 3.03. The third-order valence-electron chi connectivity index (χ3n) is 3.12. The zero-order valence-corrected chi connectivity index (χ0v) is 13.1. The van der Waals surface area contributed by atoms with Gasteiger partial charge in [0.15, 0.2) is 0 Å². The molecular weight excluding hydrogens is 264 g/mol. The van der Waals surface area contributed by atoms with Crippen LogP contribution in [-0.4, -0.2) is 31.9 Å². The van der Waals surface area contributed by atoms with Crippen LogP contribution in [-0.2, 0) is 14.9 Å². The van der Waals surface area contributed by atoms with Crippen LogP contribution in [0.4, 0.5) is 0 Å². The lowest BCUT2D eigenvalue weighted by atomic mass is 10.1. The molecule has 0 unspecified atom stereocenters. The van der Waals surface area contributed by atoms with Gasteiger partial charge in [-0.05, 0) is 6.42 Å². The van der Waals surface area contributed by atoms with E-state index in [9.17, 15) is 13.0 Å². The van der Waals surface area contributed by atoms with Gasteiger partial charge in [0.05, 0.1) is 22.5 Å². The van der Waals surface area contributed by atoms with Gasteiger partial charge < -0.3 is 9.29 Å². The van der Waals surface area contributed by atoms with E-state index in [0.29, 0.717) is 6.61 Å². The first-order valence-electron chi connectivity index (χ1n) is 7.57. The van der Waals surface area contributed by atoms with Crippen LogP contribution < -0.4 is 0 Å². The number of rotatable bonds is 14. The Bertz CT molecular complexity index is 275. The van der Waals surface area contributed by atoms with Crippen molar-refractivity contribution in [2.75, 3.05) is 19.0 Å². The molecule has 116 valence electrons. The normalized spacial score (nSPS) is 11.9. The van der Waals surface area contributed by atoms with Crippen LogP contribution in [0.2, 0.25) is 0 Å². The molecule has 0 saturated carbocycles. The van der Waals surface area contributed by atoms with Crippen molar-refractivity contribution in [1.82, 2.24) is 0 Å². The Morgan fingerprint density at radius 3 is 1.74 bits per heavy atom. The molecule has 0 saturated heterocycles. The molecule has 0 amide bonds. The second-order valence-corrected chi connectivity index (χ2v) is 6.58. The molecule has 0 aromatic heterocycles. The summed E-state index contributed by atoms with van der Waals surface area (Å²) in [7, 11) is -4.11. The van der Waals surface area contributed by atoms with Crippen LogP contribution in [0.25, 0.3) is 0 Å². The molecule has 0 aromatic rings. The molecule has 0 heterocycles. The second kappa shape index (κ2) is 12.9. The monoisotopic (exact) mass is 293 g/mol. The van der Waals surface area contributed by atoms with Gasteiger partial charge >= 0.3 is 0 Å². The summed E-state index contributed by atoms with van der Waals surface area (Å²) in [5.41, 5.74) is 0. The zero-order valence-electron chi connectivity index (χ0n) is 12.2. The van der Waals surface area contributed by atoms with E-state index < -0.39 is 15.9 Å². The van der Waals surface area contributed by atoms with Crippen molar-refractivity contribution in [2.45, 2.75) is 71.1 Å². The quantitative estimate of drug-likeness (QED) is 0.363. The number of hydrogen-bond donors (Lipinski definition) is 0. The summed E-state index contributed by atoms with van der Waals surface area (Å²) in [6.45, 7) is 2.82. The highest BCUT2D eigenvalue weighted by Crippen LogP contribution is 2.10. The van der Waals surface area contributed by atoms with Crippen LogP contribution >= 0.6 is 0 Å². The van der Waals surface area contributed by atoms with Crippen molar-refractivity contribution in [2.24, 2.45) is 0 Å². The third kappa shape index (κ3) is 17.9. The van der Waals surface area contributed by atoms with E-state index in [0.717, 1.165) is 12.8 Å². The molecule has 0 rings (SSSR count). The highest BCUT2D eigenvalue weighted by molar-refractivity contribution is 7.85. The molecule has 0 radical (unpaired) electrons. The number of hydrogen-bond acceptors (Lipinski definition) is 4.